The molecule has 2 N–H and O–H groups in total. The van der Waals surface area contributed by atoms with Crippen molar-refractivity contribution in [3.8, 4) is 0 Å². The first-order valence-electron chi connectivity index (χ1n) is 10.4. The van der Waals surface area contributed by atoms with E-state index in [9.17, 15) is 24.0 Å². The molecule has 3 heterocycles. The number of imide groups is 2. The molecule has 0 saturated carbocycles. The fraction of sp³-hybridized carbons (Fsp3) is 0.476. The third-order valence-electron chi connectivity index (χ3n) is 5.72. The molecule has 0 radical (unpaired) electrons. The van der Waals surface area contributed by atoms with Crippen molar-refractivity contribution in [2.24, 2.45) is 0 Å². The van der Waals surface area contributed by atoms with Crippen molar-refractivity contribution in [1.29, 1.82) is 0 Å². The molecule has 1 aromatic carbocycles. The maximum Gasteiger partial charge on any atom is 0.317 e. The second-order valence-electron chi connectivity index (χ2n) is 7.76. The first-order valence-corrected chi connectivity index (χ1v) is 11.6. The van der Waals surface area contributed by atoms with E-state index in [2.05, 4.69) is 10.6 Å². The third kappa shape index (κ3) is 4.43. The van der Waals surface area contributed by atoms with Crippen LogP contribution in [0, 0.1) is 0 Å². The van der Waals surface area contributed by atoms with Gasteiger partial charge in [-0.1, -0.05) is 6.07 Å². The van der Waals surface area contributed by atoms with Crippen molar-refractivity contribution in [3.63, 3.8) is 0 Å². The summed E-state index contributed by atoms with van der Waals surface area (Å²) in [6, 6.07) is 4.08. The Labute approximate surface area is 183 Å². The summed E-state index contributed by atoms with van der Waals surface area (Å²) >= 11 is 1.85. The highest BCUT2D eigenvalue weighted by molar-refractivity contribution is 7.99. The molecule has 9 nitrogen and oxygen atoms in total. The summed E-state index contributed by atoms with van der Waals surface area (Å²) < 4.78 is 0. The maximum atomic E-state index is 12.9. The topological polar surface area (TPSA) is 116 Å². The average molecular weight is 445 g/mol. The summed E-state index contributed by atoms with van der Waals surface area (Å²) in [6.07, 6.45) is 1.57. The van der Waals surface area contributed by atoms with Gasteiger partial charge in [0.05, 0.1) is 11.1 Å². The van der Waals surface area contributed by atoms with E-state index in [-0.39, 0.29) is 30.0 Å². The van der Waals surface area contributed by atoms with Crippen LogP contribution < -0.4 is 10.6 Å². The standard InChI is InChI=1S/C21H24N4O5S/c26-17-6-5-16(18(27)23-17)25-19(28)14-4-3-13(12-15(14)20(25)29)2-1-7-22-21(30)24-8-10-31-11-9-24/h3-4,12,16H,1-2,5-11H2,(H,22,30)(H,23,26,27). The summed E-state index contributed by atoms with van der Waals surface area (Å²) in [4.78, 5) is 64.0. The lowest BCUT2D eigenvalue weighted by molar-refractivity contribution is -0.136. The minimum Gasteiger partial charge on any atom is -0.338 e. The van der Waals surface area contributed by atoms with Crippen LogP contribution >= 0.6 is 11.8 Å². The van der Waals surface area contributed by atoms with E-state index in [0.717, 1.165) is 35.1 Å². The number of nitrogens with one attached hydrogen (secondary N) is 2. The number of carbonyl (C=O) groups excluding carboxylic acids is 5. The fourth-order valence-electron chi connectivity index (χ4n) is 4.04. The number of hydrogen-bond donors (Lipinski definition) is 2. The van der Waals surface area contributed by atoms with Crippen molar-refractivity contribution in [2.45, 2.75) is 31.7 Å². The molecule has 3 aliphatic heterocycles. The number of fused-ring (bicyclic) bond motifs is 1. The van der Waals surface area contributed by atoms with Gasteiger partial charge in [0.1, 0.15) is 6.04 Å². The molecule has 1 aromatic rings. The van der Waals surface area contributed by atoms with Crippen LogP contribution in [0.3, 0.4) is 0 Å². The van der Waals surface area contributed by atoms with E-state index in [0.29, 0.717) is 19.4 Å². The van der Waals surface area contributed by atoms with E-state index in [1.807, 2.05) is 16.7 Å². The highest BCUT2D eigenvalue weighted by Crippen LogP contribution is 2.28. The van der Waals surface area contributed by atoms with Gasteiger partial charge in [0.25, 0.3) is 11.8 Å². The zero-order chi connectivity index (χ0) is 22.0. The molecule has 0 spiro atoms. The predicted molar refractivity (Wildman–Crippen MR) is 114 cm³/mol. The molecule has 2 saturated heterocycles. The summed E-state index contributed by atoms with van der Waals surface area (Å²) in [5.41, 5.74) is 1.44. The third-order valence-corrected chi connectivity index (χ3v) is 6.66. The molecule has 1 atom stereocenters. The molecule has 0 bridgehead atoms. The normalized spacial score (nSPS) is 21.2. The summed E-state index contributed by atoms with van der Waals surface area (Å²) in [5.74, 6) is -0.0999. The first kappa shape index (κ1) is 21.4. The Bertz CT molecular complexity index is 944. The van der Waals surface area contributed by atoms with Gasteiger partial charge in [-0.05, 0) is 37.0 Å². The van der Waals surface area contributed by atoms with Crippen LogP contribution in [-0.4, -0.2) is 76.6 Å². The molecule has 3 aliphatic rings. The molecule has 1 unspecified atom stereocenters. The molecule has 0 aliphatic carbocycles. The molecule has 0 aromatic heterocycles. The average Bonchev–Trinajstić information content (AvgIpc) is 3.02. The molecule has 31 heavy (non-hydrogen) atoms. The zero-order valence-corrected chi connectivity index (χ0v) is 17.8. The van der Waals surface area contributed by atoms with Crippen LogP contribution in [-0.2, 0) is 16.0 Å². The van der Waals surface area contributed by atoms with Crippen molar-refractivity contribution in [2.75, 3.05) is 31.1 Å². The molecule has 2 fully saturated rings. The Morgan fingerprint density at radius 1 is 1.10 bits per heavy atom. The highest BCUT2D eigenvalue weighted by Gasteiger charge is 2.44. The fourth-order valence-corrected chi connectivity index (χ4v) is 4.94. The van der Waals surface area contributed by atoms with E-state index >= 15 is 0 Å². The molecular weight excluding hydrogens is 420 g/mol. The largest absolute Gasteiger partial charge is 0.338 e. The van der Waals surface area contributed by atoms with Crippen LogP contribution in [0.15, 0.2) is 18.2 Å². The van der Waals surface area contributed by atoms with Gasteiger partial charge < -0.3 is 10.2 Å². The zero-order valence-electron chi connectivity index (χ0n) is 17.0. The number of nitrogens with zero attached hydrogens (tertiary/aromatic N) is 2. The van der Waals surface area contributed by atoms with E-state index < -0.39 is 29.7 Å². The van der Waals surface area contributed by atoms with Gasteiger partial charge in [0.15, 0.2) is 0 Å². The Balaban J connectivity index is 1.34. The lowest BCUT2D eigenvalue weighted by Gasteiger charge is -2.27. The Morgan fingerprint density at radius 2 is 1.84 bits per heavy atom. The van der Waals surface area contributed by atoms with Crippen molar-refractivity contribution in [3.05, 3.63) is 34.9 Å². The number of amides is 6. The number of hydrogen-bond acceptors (Lipinski definition) is 6. The lowest BCUT2D eigenvalue weighted by atomic mass is 10.0. The molecule has 164 valence electrons. The van der Waals surface area contributed by atoms with Crippen LogP contribution in [0.2, 0.25) is 0 Å². The highest BCUT2D eigenvalue weighted by atomic mass is 32.2. The summed E-state index contributed by atoms with van der Waals surface area (Å²) in [5, 5.41) is 5.12. The van der Waals surface area contributed by atoms with Crippen LogP contribution in [0.1, 0.15) is 45.5 Å². The Kier molecular flexibility index (Phi) is 6.26. The molecule has 4 rings (SSSR count). The van der Waals surface area contributed by atoms with Gasteiger partial charge in [-0.15, -0.1) is 0 Å². The smallest absolute Gasteiger partial charge is 0.317 e. The van der Waals surface area contributed by atoms with Crippen LogP contribution in [0.4, 0.5) is 4.79 Å². The van der Waals surface area contributed by atoms with Crippen LogP contribution in [0.5, 0.6) is 0 Å². The Morgan fingerprint density at radius 3 is 2.58 bits per heavy atom. The molecular formula is C21H24N4O5S. The van der Waals surface area contributed by atoms with Crippen LogP contribution in [0.25, 0.3) is 0 Å². The molecule has 6 amide bonds. The second kappa shape index (κ2) is 9.09. The second-order valence-corrected chi connectivity index (χ2v) is 8.99. The predicted octanol–water partition coefficient (Wildman–Crippen LogP) is 0.779. The van der Waals surface area contributed by atoms with Gasteiger partial charge >= 0.3 is 6.03 Å². The Hall–Kier alpha value is -2.88. The van der Waals surface area contributed by atoms with Gasteiger partial charge in [-0.3, -0.25) is 29.4 Å². The van der Waals surface area contributed by atoms with Gasteiger partial charge in [0.2, 0.25) is 11.8 Å². The molecule has 10 heteroatoms. The van der Waals surface area contributed by atoms with Gasteiger partial charge in [0, 0.05) is 37.6 Å². The maximum absolute atomic E-state index is 12.9. The van der Waals surface area contributed by atoms with Gasteiger partial charge in [-0.2, -0.15) is 11.8 Å². The number of piperidine rings is 1. The van der Waals surface area contributed by atoms with E-state index in [1.54, 1.807) is 18.2 Å². The number of rotatable bonds is 5. The number of benzene rings is 1. The lowest BCUT2D eigenvalue weighted by Crippen LogP contribution is -2.54. The number of aryl methyl sites for hydroxylation is 1. The number of urea groups is 1. The van der Waals surface area contributed by atoms with E-state index in [1.165, 1.54) is 0 Å². The summed E-state index contributed by atoms with van der Waals surface area (Å²) in [6.45, 7) is 2.05. The van der Waals surface area contributed by atoms with Crippen molar-refractivity contribution < 1.29 is 24.0 Å². The SMILES string of the molecule is O=C1CCC(N2C(=O)c3ccc(CCCNC(=O)N4CCSCC4)cc3C2=O)C(=O)N1. The number of carbonyl (C=O) groups is 5. The summed E-state index contributed by atoms with van der Waals surface area (Å²) in [7, 11) is 0. The first-order chi connectivity index (χ1) is 15.0. The number of thioether (sulfide) groups is 1. The monoisotopic (exact) mass is 444 g/mol. The van der Waals surface area contributed by atoms with Gasteiger partial charge in [-0.25, -0.2) is 4.79 Å². The quantitative estimate of drug-likeness (QED) is 0.512. The van der Waals surface area contributed by atoms with Crippen molar-refractivity contribution in [1.82, 2.24) is 20.4 Å². The minimum atomic E-state index is -0.961. The van der Waals surface area contributed by atoms with Crippen molar-refractivity contribution >= 4 is 41.4 Å². The van der Waals surface area contributed by atoms with E-state index in [4.69, 9.17) is 0 Å². The minimum absolute atomic E-state index is 0.0464.